The monoisotopic (exact) mass is 293 g/mol. The average Bonchev–Trinajstić information content (AvgIpc) is 2.42. The standard InChI is InChI=1S/C17H27NO3/c1-12(16(20)21)14-7-5-13(6-8-14)11-18-15(9-10-19)17(2,3)4/h5-8,12,15,18-19H,9-11H2,1-4H3,(H,20,21). The first-order valence-electron chi connectivity index (χ1n) is 7.41. The first-order valence-corrected chi connectivity index (χ1v) is 7.41. The molecule has 0 bridgehead atoms. The van der Waals surface area contributed by atoms with Crippen molar-refractivity contribution in [2.45, 2.75) is 52.6 Å². The van der Waals surface area contributed by atoms with Crippen LogP contribution in [0.2, 0.25) is 0 Å². The molecule has 0 amide bonds. The van der Waals surface area contributed by atoms with E-state index in [4.69, 9.17) is 10.2 Å². The van der Waals surface area contributed by atoms with Gasteiger partial charge in [-0.25, -0.2) is 0 Å². The van der Waals surface area contributed by atoms with Gasteiger partial charge >= 0.3 is 5.97 Å². The first kappa shape index (κ1) is 17.7. The van der Waals surface area contributed by atoms with Gasteiger partial charge in [0.25, 0.3) is 0 Å². The molecule has 0 saturated heterocycles. The molecule has 118 valence electrons. The van der Waals surface area contributed by atoms with E-state index in [2.05, 4.69) is 26.1 Å². The Morgan fingerprint density at radius 3 is 2.24 bits per heavy atom. The number of aliphatic hydroxyl groups is 1. The van der Waals surface area contributed by atoms with Gasteiger partial charge in [-0.3, -0.25) is 4.79 Å². The van der Waals surface area contributed by atoms with Crippen LogP contribution in [-0.4, -0.2) is 28.8 Å². The smallest absolute Gasteiger partial charge is 0.310 e. The van der Waals surface area contributed by atoms with Gasteiger partial charge in [0.1, 0.15) is 0 Å². The minimum absolute atomic E-state index is 0.0838. The molecule has 0 spiro atoms. The van der Waals surface area contributed by atoms with Crippen LogP contribution in [0.3, 0.4) is 0 Å². The zero-order valence-electron chi connectivity index (χ0n) is 13.4. The fraction of sp³-hybridized carbons (Fsp3) is 0.588. The van der Waals surface area contributed by atoms with Crippen LogP contribution in [0, 0.1) is 5.41 Å². The molecule has 0 heterocycles. The molecule has 0 fully saturated rings. The Bertz CT molecular complexity index is 448. The first-order chi connectivity index (χ1) is 9.75. The van der Waals surface area contributed by atoms with Crippen molar-refractivity contribution in [3.05, 3.63) is 35.4 Å². The van der Waals surface area contributed by atoms with E-state index >= 15 is 0 Å². The Labute approximate surface area is 127 Å². The number of carboxylic acids is 1. The summed E-state index contributed by atoms with van der Waals surface area (Å²) >= 11 is 0. The highest BCUT2D eigenvalue weighted by Crippen LogP contribution is 2.22. The maximum Gasteiger partial charge on any atom is 0.310 e. The van der Waals surface area contributed by atoms with Gasteiger partial charge in [0.15, 0.2) is 0 Å². The summed E-state index contributed by atoms with van der Waals surface area (Å²) in [5.74, 6) is -1.29. The van der Waals surface area contributed by atoms with Gasteiger partial charge in [-0.05, 0) is 29.9 Å². The molecule has 1 aromatic carbocycles. The van der Waals surface area contributed by atoms with Crippen molar-refractivity contribution in [2.75, 3.05) is 6.61 Å². The largest absolute Gasteiger partial charge is 0.481 e. The second-order valence-electron chi connectivity index (χ2n) is 6.61. The van der Waals surface area contributed by atoms with Crippen LogP contribution in [0.4, 0.5) is 0 Å². The number of rotatable bonds is 7. The van der Waals surface area contributed by atoms with Crippen LogP contribution in [0.5, 0.6) is 0 Å². The number of nitrogens with one attached hydrogen (secondary N) is 1. The van der Waals surface area contributed by atoms with Gasteiger partial charge in [-0.15, -0.1) is 0 Å². The summed E-state index contributed by atoms with van der Waals surface area (Å²) in [7, 11) is 0. The van der Waals surface area contributed by atoms with E-state index in [1.165, 1.54) is 0 Å². The molecular weight excluding hydrogens is 266 g/mol. The molecule has 4 heteroatoms. The zero-order chi connectivity index (χ0) is 16.0. The quantitative estimate of drug-likeness (QED) is 0.723. The summed E-state index contributed by atoms with van der Waals surface area (Å²) in [4.78, 5) is 10.9. The van der Waals surface area contributed by atoms with Crippen LogP contribution in [0.25, 0.3) is 0 Å². The summed E-state index contributed by atoms with van der Waals surface area (Å²) in [5.41, 5.74) is 2.01. The molecular formula is C17H27NO3. The summed E-state index contributed by atoms with van der Waals surface area (Å²) in [6.07, 6.45) is 0.720. The minimum atomic E-state index is -0.809. The summed E-state index contributed by atoms with van der Waals surface area (Å²) < 4.78 is 0. The Morgan fingerprint density at radius 2 is 1.81 bits per heavy atom. The third-order valence-electron chi connectivity index (χ3n) is 3.87. The lowest BCUT2D eigenvalue weighted by Gasteiger charge is -2.31. The second-order valence-corrected chi connectivity index (χ2v) is 6.61. The van der Waals surface area contributed by atoms with Crippen molar-refractivity contribution in [1.82, 2.24) is 5.32 Å². The van der Waals surface area contributed by atoms with Crippen LogP contribution in [0.15, 0.2) is 24.3 Å². The maximum atomic E-state index is 10.9. The van der Waals surface area contributed by atoms with E-state index in [0.29, 0.717) is 6.54 Å². The number of benzene rings is 1. The SMILES string of the molecule is CC(C(=O)O)c1ccc(CNC(CCO)C(C)(C)C)cc1. The third-order valence-corrected chi connectivity index (χ3v) is 3.87. The molecule has 21 heavy (non-hydrogen) atoms. The average molecular weight is 293 g/mol. The van der Waals surface area contributed by atoms with Gasteiger partial charge in [0.2, 0.25) is 0 Å². The summed E-state index contributed by atoms with van der Waals surface area (Å²) in [6, 6.07) is 7.89. The number of aliphatic carboxylic acids is 1. The highest BCUT2D eigenvalue weighted by molar-refractivity contribution is 5.75. The van der Waals surface area contributed by atoms with Gasteiger partial charge < -0.3 is 15.5 Å². The third kappa shape index (κ3) is 5.48. The van der Waals surface area contributed by atoms with Crippen molar-refractivity contribution in [3.8, 4) is 0 Å². The predicted molar refractivity (Wildman–Crippen MR) is 84.3 cm³/mol. The van der Waals surface area contributed by atoms with Gasteiger partial charge in [-0.1, -0.05) is 45.0 Å². The van der Waals surface area contributed by atoms with Crippen molar-refractivity contribution < 1.29 is 15.0 Å². The zero-order valence-corrected chi connectivity index (χ0v) is 13.4. The number of carbonyl (C=O) groups is 1. The van der Waals surface area contributed by atoms with E-state index in [1.807, 2.05) is 24.3 Å². The molecule has 3 N–H and O–H groups in total. The Balaban J connectivity index is 2.65. The Hall–Kier alpha value is -1.39. The van der Waals surface area contributed by atoms with E-state index in [9.17, 15) is 4.79 Å². The lowest BCUT2D eigenvalue weighted by Crippen LogP contribution is -2.40. The molecule has 2 atom stereocenters. The molecule has 0 aliphatic rings. The van der Waals surface area contributed by atoms with Crippen molar-refractivity contribution >= 4 is 5.97 Å². The second kappa shape index (κ2) is 7.57. The molecule has 1 aromatic rings. The van der Waals surface area contributed by atoms with Gasteiger partial charge in [-0.2, -0.15) is 0 Å². The molecule has 4 nitrogen and oxygen atoms in total. The summed E-state index contributed by atoms with van der Waals surface area (Å²) in [5, 5.41) is 21.6. The predicted octanol–water partition coefficient (Wildman–Crippen LogP) is 2.76. The van der Waals surface area contributed by atoms with E-state index in [0.717, 1.165) is 17.5 Å². The molecule has 0 aliphatic carbocycles. The van der Waals surface area contributed by atoms with Crippen LogP contribution in [-0.2, 0) is 11.3 Å². The van der Waals surface area contributed by atoms with Crippen LogP contribution in [0.1, 0.15) is 51.2 Å². The van der Waals surface area contributed by atoms with Crippen LogP contribution >= 0.6 is 0 Å². The number of hydrogen-bond acceptors (Lipinski definition) is 3. The van der Waals surface area contributed by atoms with E-state index in [-0.39, 0.29) is 18.1 Å². The molecule has 1 rings (SSSR count). The van der Waals surface area contributed by atoms with Crippen molar-refractivity contribution in [1.29, 1.82) is 0 Å². The summed E-state index contributed by atoms with van der Waals surface area (Å²) in [6.45, 7) is 9.02. The van der Waals surface area contributed by atoms with Crippen molar-refractivity contribution in [2.24, 2.45) is 5.41 Å². The fourth-order valence-corrected chi connectivity index (χ4v) is 2.28. The maximum absolute atomic E-state index is 10.9. The molecule has 0 saturated carbocycles. The minimum Gasteiger partial charge on any atom is -0.481 e. The van der Waals surface area contributed by atoms with Gasteiger partial charge in [0, 0.05) is 19.2 Å². The highest BCUT2D eigenvalue weighted by atomic mass is 16.4. The highest BCUT2D eigenvalue weighted by Gasteiger charge is 2.23. The number of aliphatic hydroxyl groups excluding tert-OH is 1. The van der Waals surface area contributed by atoms with E-state index < -0.39 is 11.9 Å². The Morgan fingerprint density at radius 1 is 1.24 bits per heavy atom. The Kier molecular flexibility index (Phi) is 6.37. The normalized spacial score (nSPS) is 14.7. The lowest BCUT2D eigenvalue weighted by molar-refractivity contribution is -0.138. The lowest BCUT2D eigenvalue weighted by atomic mass is 9.85. The topological polar surface area (TPSA) is 69.6 Å². The van der Waals surface area contributed by atoms with E-state index in [1.54, 1.807) is 6.92 Å². The molecule has 0 radical (unpaired) electrons. The van der Waals surface area contributed by atoms with Crippen LogP contribution < -0.4 is 5.32 Å². The molecule has 0 aromatic heterocycles. The number of carboxylic acid groups (broad SMARTS) is 1. The molecule has 2 unspecified atom stereocenters. The van der Waals surface area contributed by atoms with Crippen molar-refractivity contribution in [3.63, 3.8) is 0 Å². The fourth-order valence-electron chi connectivity index (χ4n) is 2.28. The van der Waals surface area contributed by atoms with Gasteiger partial charge in [0.05, 0.1) is 5.92 Å². The molecule has 0 aliphatic heterocycles. The number of hydrogen-bond donors (Lipinski definition) is 3.